The lowest BCUT2D eigenvalue weighted by molar-refractivity contribution is -0.123. The minimum atomic E-state index is -0.562. The van der Waals surface area contributed by atoms with E-state index in [1.54, 1.807) is 0 Å². The lowest BCUT2D eigenvalue weighted by Crippen LogP contribution is -2.34. The fraction of sp³-hybridized carbons (Fsp3) is 0.400. The number of fused-ring (bicyclic) bond motifs is 1. The third-order valence-electron chi connectivity index (χ3n) is 3.18. The Balaban J connectivity index is 1.89. The van der Waals surface area contributed by atoms with Crippen molar-refractivity contribution in [1.82, 2.24) is 5.32 Å². The number of ether oxygens (including phenoxy) is 1. The Morgan fingerprint density at radius 2 is 2.32 bits per heavy atom. The molecule has 1 aromatic rings. The molecule has 2 unspecified atom stereocenters. The van der Waals surface area contributed by atoms with E-state index in [0.717, 1.165) is 11.1 Å². The van der Waals surface area contributed by atoms with Gasteiger partial charge in [0.1, 0.15) is 6.61 Å². The first-order chi connectivity index (χ1) is 9.22. The van der Waals surface area contributed by atoms with E-state index in [2.05, 4.69) is 11.2 Å². The van der Waals surface area contributed by atoms with Crippen LogP contribution in [0.25, 0.3) is 0 Å². The summed E-state index contributed by atoms with van der Waals surface area (Å²) in [5.74, 6) is 2.20. The number of hydrogen-bond acceptors (Lipinski definition) is 3. The smallest absolute Gasteiger partial charge is 0.222 e. The molecule has 0 saturated carbocycles. The van der Waals surface area contributed by atoms with E-state index in [-0.39, 0.29) is 25.0 Å². The maximum atomic E-state index is 11.8. The third kappa shape index (κ3) is 3.34. The summed E-state index contributed by atoms with van der Waals surface area (Å²) < 4.78 is 5.05. The van der Waals surface area contributed by atoms with Crippen molar-refractivity contribution in [3.8, 4) is 12.3 Å². The average molecular weight is 259 g/mol. The third-order valence-corrected chi connectivity index (χ3v) is 3.18. The van der Waals surface area contributed by atoms with Crippen molar-refractivity contribution in [2.45, 2.75) is 25.0 Å². The Morgan fingerprint density at radius 1 is 1.53 bits per heavy atom. The summed E-state index contributed by atoms with van der Waals surface area (Å²) in [4.78, 5) is 11.8. The van der Waals surface area contributed by atoms with Gasteiger partial charge in [-0.15, -0.1) is 6.42 Å². The average Bonchev–Trinajstić information content (AvgIpc) is 2.72. The van der Waals surface area contributed by atoms with Gasteiger partial charge in [0.25, 0.3) is 0 Å². The second kappa shape index (κ2) is 6.37. The maximum absolute atomic E-state index is 11.8. The number of terminal acetylenes is 1. The van der Waals surface area contributed by atoms with E-state index in [1.807, 2.05) is 24.3 Å². The normalized spacial score (nSPS) is 20.6. The van der Waals surface area contributed by atoms with Crippen LogP contribution in [-0.2, 0) is 16.0 Å². The largest absolute Gasteiger partial charge is 0.390 e. The molecule has 0 aliphatic heterocycles. The van der Waals surface area contributed by atoms with Gasteiger partial charge in [0.15, 0.2) is 0 Å². The van der Waals surface area contributed by atoms with Gasteiger partial charge in [-0.1, -0.05) is 30.2 Å². The summed E-state index contributed by atoms with van der Waals surface area (Å²) in [6.07, 6.45) is 5.30. The van der Waals surface area contributed by atoms with Crippen molar-refractivity contribution in [1.29, 1.82) is 0 Å². The number of aliphatic hydroxyl groups excluding tert-OH is 1. The summed E-state index contributed by atoms with van der Waals surface area (Å²) in [5.41, 5.74) is 2.08. The predicted octanol–water partition coefficient (Wildman–Crippen LogP) is 0.801. The minimum Gasteiger partial charge on any atom is -0.390 e. The van der Waals surface area contributed by atoms with Crippen LogP contribution < -0.4 is 5.32 Å². The molecule has 0 heterocycles. The number of nitrogens with one attached hydrogen (secondary N) is 1. The number of hydrogen-bond donors (Lipinski definition) is 2. The Labute approximate surface area is 112 Å². The van der Waals surface area contributed by atoms with Crippen LogP contribution >= 0.6 is 0 Å². The zero-order valence-corrected chi connectivity index (χ0v) is 10.6. The monoisotopic (exact) mass is 259 g/mol. The molecule has 0 bridgehead atoms. The van der Waals surface area contributed by atoms with Crippen LogP contribution in [0.4, 0.5) is 0 Å². The van der Waals surface area contributed by atoms with E-state index in [9.17, 15) is 9.90 Å². The summed E-state index contributed by atoms with van der Waals surface area (Å²) in [5, 5.41) is 12.8. The molecule has 1 aliphatic carbocycles. The highest BCUT2D eigenvalue weighted by Gasteiger charge is 2.31. The molecule has 4 heteroatoms. The molecule has 2 rings (SSSR count). The van der Waals surface area contributed by atoms with Crippen LogP contribution in [0.3, 0.4) is 0 Å². The van der Waals surface area contributed by atoms with E-state index >= 15 is 0 Å². The molecular weight excluding hydrogens is 242 g/mol. The van der Waals surface area contributed by atoms with Gasteiger partial charge in [-0.2, -0.15) is 0 Å². The van der Waals surface area contributed by atoms with Crippen molar-refractivity contribution >= 4 is 5.91 Å². The van der Waals surface area contributed by atoms with Gasteiger partial charge in [0, 0.05) is 6.42 Å². The lowest BCUT2D eigenvalue weighted by Gasteiger charge is -2.17. The molecule has 2 atom stereocenters. The molecule has 0 radical (unpaired) electrons. The van der Waals surface area contributed by atoms with E-state index in [0.29, 0.717) is 13.0 Å². The van der Waals surface area contributed by atoms with E-state index in [4.69, 9.17) is 11.2 Å². The highest BCUT2D eigenvalue weighted by atomic mass is 16.5. The zero-order valence-electron chi connectivity index (χ0n) is 10.6. The zero-order chi connectivity index (χ0) is 13.7. The lowest BCUT2D eigenvalue weighted by atomic mass is 10.1. The van der Waals surface area contributed by atoms with Crippen molar-refractivity contribution in [3.63, 3.8) is 0 Å². The topological polar surface area (TPSA) is 58.6 Å². The fourth-order valence-electron chi connectivity index (χ4n) is 2.29. The van der Waals surface area contributed by atoms with Crippen LogP contribution in [0, 0.1) is 12.3 Å². The van der Waals surface area contributed by atoms with Gasteiger partial charge < -0.3 is 15.2 Å². The predicted molar refractivity (Wildman–Crippen MR) is 71.3 cm³/mol. The minimum absolute atomic E-state index is 0.141. The fourth-order valence-corrected chi connectivity index (χ4v) is 2.29. The Bertz CT molecular complexity index is 492. The highest BCUT2D eigenvalue weighted by Crippen LogP contribution is 2.31. The SMILES string of the molecule is C#CCOCCC(=O)NC1c2ccccc2CC1O. The van der Waals surface area contributed by atoms with Crippen LogP contribution in [0.15, 0.2) is 24.3 Å². The molecule has 2 N–H and O–H groups in total. The number of amides is 1. The summed E-state index contributed by atoms with van der Waals surface area (Å²) in [6.45, 7) is 0.503. The second-order valence-corrected chi connectivity index (χ2v) is 4.52. The number of carbonyl (C=O) groups excluding carboxylic acids is 1. The molecule has 0 fully saturated rings. The van der Waals surface area contributed by atoms with Gasteiger partial charge >= 0.3 is 0 Å². The Morgan fingerprint density at radius 3 is 3.11 bits per heavy atom. The Hall–Kier alpha value is -1.83. The van der Waals surface area contributed by atoms with Gasteiger partial charge in [-0.25, -0.2) is 0 Å². The molecule has 4 nitrogen and oxygen atoms in total. The molecule has 100 valence electrons. The van der Waals surface area contributed by atoms with Crippen LogP contribution in [0.5, 0.6) is 0 Å². The van der Waals surface area contributed by atoms with E-state index < -0.39 is 6.10 Å². The highest BCUT2D eigenvalue weighted by molar-refractivity contribution is 5.76. The molecule has 1 amide bonds. The number of benzene rings is 1. The summed E-state index contributed by atoms with van der Waals surface area (Å²) in [7, 11) is 0. The first-order valence-corrected chi connectivity index (χ1v) is 6.29. The molecular formula is C15H17NO3. The molecule has 0 spiro atoms. The van der Waals surface area contributed by atoms with Crippen LogP contribution in [0.2, 0.25) is 0 Å². The van der Waals surface area contributed by atoms with Crippen molar-refractivity contribution < 1.29 is 14.6 Å². The maximum Gasteiger partial charge on any atom is 0.222 e. The van der Waals surface area contributed by atoms with E-state index in [1.165, 1.54) is 0 Å². The molecule has 0 aromatic heterocycles. The van der Waals surface area contributed by atoms with Gasteiger partial charge in [-0.05, 0) is 11.1 Å². The number of carbonyl (C=O) groups is 1. The molecule has 0 saturated heterocycles. The Kier molecular flexibility index (Phi) is 4.56. The summed E-state index contributed by atoms with van der Waals surface area (Å²) in [6, 6.07) is 7.43. The van der Waals surface area contributed by atoms with Crippen molar-refractivity contribution in [3.05, 3.63) is 35.4 Å². The van der Waals surface area contributed by atoms with Crippen LogP contribution in [-0.4, -0.2) is 30.3 Å². The van der Waals surface area contributed by atoms with Gasteiger partial charge in [-0.3, -0.25) is 4.79 Å². The van der Waals surface area contributed by atoms with Gasteiger partial charge in [0.05, 0.1) is 25.2 Å². The van der Waals surface area contributed by atoms with Crippen LogP contribution in [0.1, 0.15) is 23.6 Å². The number of aliphatic hydroxyl groups is 1. The first-order valence-electron chi connectivity index (χ1n) is 6.29. The van der Waals surface area contributed by atoms with Crippen molar-refractivity contribution in [2.75, 3.05) is 13.2 Å². The number of rotatable bonds is 5. The molecule has 1 aliphatic rings. The molecule has 1 aromatic carbocycles. The quantitative estimate of drug-likeness (QED) is 0.607. The second-order valence-electron chi connectivity index (χ2n) is 4.52. The molecule has 19 heavy (non-hydrogen) atoms. The standard InChI is InChI=1S/C15H17NO3/c1-2-8-19-9-7-14(18)16-15-12-6-4-3-5-11(12)10-13(15)17/h1,3-6,13,15,17H,7-10H2,(H,16,18). The van der Waals surface area contributed by atoms with Gasteiger partial charge in [0.2, 0.25) is 5.91 Å². The van der Waals surface area contributed by atoms with Crippen molar-refractivity contribution in [2.24, 2.45) is 0 Å². The first kappa shape index (κ1) is 13.6. The summed E-state index contributed by atoms with van der Waals surface area (Å²) >= 11 is 0.